The Morgan fingerprint density at radius 2 is 1.52 bits per heavy atom. The van der Waals surface area contributed by atoms with E-state index in [1.54, 1.807) is 0 Å². The number of benzene rings is 4. The first-order valence-electron chi connectivity index (χ1n) is 12.2. The van der Waals surface area contributed by atoms with Gasteiger partial charge >= 0.3 is 0 Å². The first kappa shape index (κ1) is 19.1. The maximum absolute atomic E-state index is 8.25. The highest BCUT2D eigenvalue weighted by molar-refractivity contribution is 6.34. The molecule has 0 saturated heterocycles. The largest absolute Gasteiger partial charge is 0.492 e. The normalized spacial score (nSPS) is 14.8. The molecule has 4 aromatic rings. The van der Waals surface area contributed by atoms with E-state index in [-0.39, 0.29) is 6.42 Å². The van der Waals surface area contributed by atoms with Crippen molar-refractivity contribution in [3.05, 3.63) is 118 Å². The molecule has 1 heterocycles. The van der Waals surface area contributed by atoms with Crippen molar-refractivity contribution in [2.45, 2.75) is 26.2 Å². The van der Waals surface area contributed by atoms with E-state index in [1.165, 1.54) is 5.56 Å². The second-order valence-corrected chi connectivity index (χ2v) is 8.84. The van der Waals surface area contributed by atoms with Gasteiger partial charge in [-0.1, -0.05) is 110 Å². The molecule has 0 bridgehead atoms. The molecule has 0 aromatic heterocycles. The van der Waals surface area contributed by atoms with Crippen LogP contribution in [0.2, 0.25) is 5.02 Å². The van der Waals surface area contributed by atoms with Crippen molar-refractivity contribution in [3.63, 3.8) is 0 Å². The smallest absolute Gasteiger partial charge is 0.132 e. The third-order valence-electron chi connectivity index (χ3n) is 5.93. The summed E-state index contributed by atoms with van der Waals surface area (Å²) in [7, 11) is 0. The van der Waals surface area contributed by atoms with Crippen LogP contribution in [0.25, 0.3) is 11.1 Å². The van der Waals surface area contributed by atoms with Crippen LogP contribution in [0.5, 0.6) is 5.75 Å². The number of fused-ring (bicyclic) bond motifs is 1. The molecule has 0 unspecified atom stereocenters. The predicted molar refractivity (Wildman–Crippen MR) is 138 cm³/mol. The average molecular weight is 454 g/mol. The summed E-state index contributed by atoms with van der Waals surface area (Å²) in [5, 5.41) is 0.424. The molecule has 0 radical (unpaired) electrons. The minimum Gasteiger partial charge on any atom is -0.492 e. The highest BCUT2D eigenvalue weighted by Gasteiger charge is 2.24. The van der Waals surface area contributed by atoms with Crippen LogP contribution in [-0.4, -0.2) is 12.3 Å². The lowest BCUT2D eigenvalue weighted by Crippen LogP contribution is -2.03. The highest BCUT2D eigenvalue weighted by atomic mass is 35.5. The molecule has 4 aromatic carbocycles. The molecule has 0 amide bonds. The Labute approximate surface area is 203 Å². The van der Waals surface area contributed by atoms with Crippen LogP contribution in [0.4, 0.5) is 5.69 Å². The fourth-order valence-corrected chi connectivity index (χ4v) is 4.34. The molecule has 1 aliphatic rings. The molecule has 0 fully saturated rings. The standard InChI is InChI=1S/C30H26ClNO/c1-20(2)21-13-15-22(16-14-21)26-19-27(28(31)25-17-18-33-30(25)26)32-29(23-9-5-3-6-10-23)24-11-7-4-8-12-24/h3-16,19-20H,17-18H2,1-2H3/i18D2. The second-order valence-electron chi connectivity index (χ2n) is 8.46. The number of ether oxygens (including phenoxy) is 1. The Morgan fingerprint density at radius 3 is 2.09 bits per heavy atom. The van der Waals surface area contributed by atoms with Crippen LogP contribution in [0, 0.1) is 0 Å². The molecule has 2 nitrogen and oxygen atoms in total. The topological polar surface area (TPSA) is 21.6 Å². The number of nitrogens with zero attached hydrogens (tertiary/aromatic N) is 1. The highest BCUT2D eigenvalue weighted by Crippen LogP contribution is 2.46. The molecule has 33 heavy (non-hydrogen) atoms. The van der Waals surface area contributed by atoms with Gasteiger partial charge in [-0.25, -0.2) is 4.99 Å². The Kier molecular flexibility index (Phi) is 5.36. The summed E-state index contributed by atoms with van der Waals surface area (Å²) in [5.41, 5.74) is 6.98. The lowest BCUT2D eigenvalue weighted by molar-refractivity contribution is 0.358. The lowest BCUT2D eigenvalue weighted by Gasteiger charge is -2.14. The van der Waals surface area contributed by atoms with Crippen molar-refractivity contribution in [2.24, 2.45) is 4.99 Å². The van der Waals surface area contributed by atoms with Gasteiger partial charge in [-0.2, -0.15) is 0 Å². The van der Waals surface area contributed by atoms with E-state index in [2.05, 4.69) is 38.1 Å². The van der Waals surface area contributed by atoms with E-state index in [4.69, 9.17) is 24.1 Å². The molecule has 0 N–H and O–H groups in total. The van der Waals surface area contributed by atoms with Gasteiger partial charge in [-0.15, -0.1) is 0 Å². The van der Waals surface area contributed by atoms with Gasteiger partial charge in [0, 0.05) is 28.7 Å². The van der Waals surface area contributed by atoms with Crippen molar-refractivity contribution in [2.75, 3.05) is 6.56 Å². The first-order chi connectivity index (χ1) is 16.8. The summed E-state index contributed by atoms with van der Waals surface area (Å²) in [6.07, 6.45) is 0.0770. The molecule has 3 heteroatoms. The molecule has 0 aliphatic carbocycles. The quantitative estimate of drug-likeness (QED) is 0.279. The molecule has 164 valence electrons. The van der Waals surface area contributed by atoms with Crippen LogP contribution < -0.4 is 4.74 Å². The van der Waals surface area contributed by atoms with Gasteiger partial charge in [0.25, 0.3) is 0 Å². The Balaban J connectivity index is 1.72. The number of halogens is 1. The summed E-state index contributed by atoms with van der Waals surface area (Å²) >= 11 is 6.87. The number of aliphatic imine (C=N–C) groups is 1. The van der Waals surface area contributed by atoms with Crippen LogP contribution >= 0.6 is 11.6 Å². The lowest BCUT2D eigenvalue weighted by atomic mass is 9.96. The molecule has 1 aliphatic heterocycles. The molecular weight excluding hydrogens is 426 g/mol. The Hall–Kier alpha value is -3.36. The van der Waals surface area contributed by atoms with Gasteiger partial charge in [0.2, 0.25) is 0 Å². The van der Waals surface area contributed by atoms with Gasteiger partial charge in [0.1, 0.15) is 5.75 Å². The molecule has 5 rings (SSSR count). The van der Waals surface area contributed by atoms with E-state index < -0.39 is 6.56 Å². The van der Waals surface area contributed by atoms with Gasteiger partial charge in [0.15, 0.2) is 0 Å². The SMILES string of the molecule is [2H]C1([2H])Cc2c(Cl)c(N=C(c3ccccc3)c3ccccc3)cc(-c3ccc(C(C)C)cc3)c2O1. The summed E-state index contributed by atoms with van der Waals surface area (Å²) in [5.74, 6) is 0.919. The van der Waals surface area contributed by atoms with E-state index in [0.717, 1.165) is 28.0 Å². The molecular formula is C30H26ClNO. The summed E-state index contributed by atoms with van der Waals surface area (Å²) in [4.78, 5) is 5.06. The monoisotopic (exact) mass is 453 g/mol. The van der Waals surface area contributed by atoms with E-state index in [0.29, 0.717) is 27.9 Å². The van der Waals surface area contributed by atoms with Crippen molar-refractivity contribution in [1.29, 1.82) is 0 Å². The first-order valence-corrected chi connectivity index (χ1v) is 11.5. The Morgan fingerprint density at radius 1 is 0.909 bits per heavy atom. The minimum absolute atomic E-state index is 0.0770. The maximum atomic E-state index is 8.25. The number of hydrogen-bond donors (Lipinski definition) is 0. The molecule has 0 saturated carbocycles. The fraction of sp³-hybridized carbons (Fsp3) is 0.167. The van der Waals surface area contributed by atoms with Crippen molar-refractivity contribution < 1.29 is 7.48 Å². The fourth-order valence-electron chi connectivity index (χ4n) is 4.09. The van der Waals surface area contributed by atoms with Gasteiger partial charge in [0.05, 0.1) is 25.7 Å². The van der Waals surface area contributed by atoms with Crippen molar-refractivity contribution >= 4 is 23.0 Å². The van der Waals surface area contributed by atoms with Crippen LogP contribution in [0.3, 0.4) is 0 Å². The van der Waals surface area contributed by atoms with E-state index in [9.17, 15) is 0 Å². The van der Waals surface area contributed by atoms with Crippen LogP contribution in [0.15, 0.2) is 96.0 Å². The van der Waals surface area contributed by atoms with Crippen molar-refractivity contribution in [1.82, 2.24) is 0 Å². The summed E-state index contributed by atoms with van der Waals surface area (Å²) < 4.78 is 22.3. The van der Waals surface area contributed by atoms with Gasteiger partial charge < -0.3 is 4.74 Å². The van der Waals surface area contributed by atoms with Crippen LogP contribution in [0.1, 0.15) is 44.8 Å². The van der Waals surface area contributed by atoms with Crippen molar-refractivity contribution in [3.8, 4) is 16.9 Å². The summed E-state index contributed by atoms with van der Waals surface area (Å²) in [6, 6.07) is 30.3. The van der Waals surface area contributed by atoms with Gasteiger partial charge in [-0.3, -0.25) is 0 Å². The predicted octanol–water partition coefficient (Wildman–Crippen LogP) is 8.23. The molecule has 0 spiro atoms. The van der Waals surface area contributed by atoms with E-state index in [1.807, 2.05) is 66.7 Å². The van der Waals surface area contributed by atoms with Crippen LogP contribution in [-0.2, 0) is 6.42 Å². The Bertz CT molecular complexity index is 1340. The van der Waals surface area contributed by atoms with E-state index >= 15 is 0 Å². The third-order valence-corrected chi connectivity index (χ3v) is 6.35. The average Bonchev–Trinajstić information content (AvgIpc) is 3.20. The zero-order valence-electron chi connectivity index (χ0n) is 20.7. The second kappa shape index (κ2) is 9.25. The third kappa shape index (κ3) is 4.31. The molecule has 0 atom stereocenters. The number of rotatable bonds is 5. The number of hydrogen-bond acceptors (Lipinski definition) is 2. The summed E-state index contributed by atoms with van der Waals surface area (Å²) in [6.45, 7) is 2.50. The zero-order chi connectivity index (χ0) is 24.6. The zero-order valence-corrected chi connectivity index (χ0v) is 19.4. The van der Waals surface area contributed by atoms with Gasteiger partial charge in [-0.05, 0) is 23.1 Å². The maximum Gasteiger partial charge on any atom is 0.132 e. The minimum atomic E-state index is -1.82.